The molecular weight excluding hydrogens is 258 g/mol. The molecule has 3 nitrogen and oxygen atoms in total. The first kappa shape index (κ1) is 12.6. The molecular formula is C18H19N3. The van der Waals surface area contributed by atoms with Crippen molar-refractivity contribution in [1.82, 2.24) is 14.9 Å². The molecule has 106 valence electrons. The molecule has 0 aliphatic heterocycles. The second kappa shape index (κ2) is 5.34. The molecule has 0 bridgehead atoms. The number of fused-ring (bicyclic) bond motifs is 1. The zero-order chi connectivity index (χ0) is 14.1. The molecule has 0 saturated heterocycles. The number of aromatic nitrogens is 2. The molecule has 4 rings (SSSR count). The van der Waals surface area contributed by atoms with Gasteiger partial charge in [0.25, 0.3) is 0 Å². The largest absolute Gasteiger partial charge is 0.314 e. The van der Waals surface area contributed by atoms with E-state index >= 15 is 0 Å². The van der Waals surface area contributed by atoms with Gasteiger partial charge in [-0.25, -0.2) is 4.98 Å². The minimum atomic E-state index is 0.750. The Hall–Kier alpha value is -2.13. The third kappa shape index (κ3) is 2.57. The number of hydrogen-bond donors (Lipinski definition) is 1. The fraction of sp³-hybridized carbons (Fsp3) is 0.278. The maximum Gasteiger partial charge on any atom is 0.115 e. The smallest absolute Gasteiger partial charge is 0.115 e. The van der Waals surface area contributed by atoms with Crippen molar-refractivity contribution in [2.45, 2.75) is 25.3 Å². The molecule has 0 radical (unpaired) electrons. The highest BCUT2D eigenvalue weighted by Gasteiger charge is 2.20. The van der Waals surface area contributed by atoms with Crippen molar-refractivity contribution in [2.24, 2.45) is 0 Å². The zero-order valence-electron chi connectivity index (χ0n) is 12.0. The third-order valence-electron chi connectivity index (χ3n) is 4.00. The van der Waals surface area contributed by atoms with E-state index in [0.29, 0.717) is 0 Å². The Labute approximate surface area is 124 Å². The first-order valence-corrected chi connectivity index (χ1v) is 7.67. The average Bonchev–Trinajstić information content (AvgIpc) is 3.27. The van der Waals surface area contributed by atoms with E-state index in [1.807, 2.05) is 0 Å². The number of imidazole rings is 1. The van der Waals surface area contributed by atoms with Crippen LogP contribution in [0.1, 0.15) is 18.7 Å². The first-order valence-electron chi connectivity index (χ1n) is 7.67. The summed E-state index contributed by atoms with van der Waals surface area (Å²) >= 11 is 0. The third-order valence-corrected chi connectivity index (χ3v) is 4.00. The van der Waals surface area contributed by atoms with Crippen molar-refractivity contribution >= 4 is 11.0 Å². The number of nitrogens with zero attached hydrogens (tertiary/aromatic N) is 2. The maximum atomic E-state index is 4.83. The summed E-state index contributed by atoms with van der Waals surface area (Å²) in [7, 11) is 0. The monoisotopic (exact) mass is 277 g/mol. The van der Waals surface area contributed by atoms with Gasteiger partial charge in [-0.2, -0.15) is 0 Å². The van der Waals surface area contributed by atoms with Crippen LogP contribution in [-0.4, -0.2) is 22.1 Å². The van der Waals surface area contributed by atoms with Gasteiger partial charge in [0.05, 0.1) is 11.0 Å². The van der Waals surface area contributed by atoms with Gasteiger partial charge in [0.1, 0.15) is 5.82 Å². The molecule has 1 aliphatic rings. The van der Waals surface area contributed by atoms with E-state index in [1.54, 1.807) is 0 Å². The molecule has 0 amide bonds. The van der Waals surface area contributed by atoms with E-state index in [0.717, 1.165) is 30.3 Å². The van der Waals surface area contributed by atoms with Crippen LogP contribution in [0.3, 0.4) is 0 Å². The fourth-order valence-electron chi connectivity index (χ4n) is 2.78. The van der Waals surface area contributed by atoms with Crippen LogP contribution >= 0.6 is 0 Å². The molecule has 1 fully saturated rings. The summed E-state index contributed by atoms with van der Waals surface area (Å²) in [5.41, 5.74) is 3.44. The van der Waals surface area contributed by atoms with Crippen LogP contribution in [0, 0.1) is 0 Å². The lowest BCUT2D eigenvalue weighted by Crippen LogP contribution is -2.20. The molecule has 1 heterocycles. The average molecular weight is 277 g/mol. The van der Waals surface area contributed by atoms with Crippen molar-refractivity contribution in [3.63, 3.8) is 0 Å². The van der Waals surface area contributed by atoms with Crippen molar-refractivity contribution < 1.29 is 0 Å². The number of hydrogen-bond acceptors (Lipinski definition) is 2. The molecule has 1 aliphatic carbocycles. The number of para-hydroxylation sites is 3. The van der Waals surface area contributed by atoms with Crippen LogP contribution in [0.25, 0.3) is 16.7 Å². The molecule has 0 atom stereocenters. The van der Waals surface area contributed by atoms with Crippen molar-refractivity contribution in [3.05, 3.63) is 60.4 Å². The van der Waals surface area contributed by atoms with E-state index in [2.05, 4.69) is 64.5 Å². The molecule has 0 unspecified atom stereocenters. The number of rotatable bonds is 5. The van der Waals surface area contributed by atoms with Crippen molar-refractivity contribution in [2.75, 3.05) is 6.54 Å². The zero-order valence-corrected chi connectivity index (χ0v) is 12.0. The van der Waals surface area contributed by atoms with E-state index in [1.165, 1.54) is 24.0 Å². The van der Waals surface area contributed by atoms with Crippen LogP contribution in [0.4, 0.5) is 0 Å². The lowest BCUT2D eigenvalue weighted by Gasteiger charge is -2.09. The summed E-state index contributed by atoms with van der Waals surface area (Å²) < 4.78 is 2.28. The van der Waals surface area contributed by atoms with Crippen LogP contribution in [0.15, 0.2) is 54.6 Å². The lowest BCUT2D eigenvalue weighted by molar-refractivity contribution is 0.663. The van der Waals surface area contributed by atoms with Gasteiger partial charge in [-0.15, -0.1) is 0 Å². The second-order valence-corrected chi connectivity index (χ2v) is 5.67. The topological polar surface area (TPSA) is 29.9 Å². The van der Waals surface area contributed by atoms with Gasteiger partial charge in [0.2, 0.25) is 0 Å². The summed E-state index contributed by atoms with van der Waals surface area (Å²) in [6, 6.07) is 19.6. The van der Waals surface area contributed by atoms with Crippen molar-refractivity contribution in [1.29, 1.82) is 0 Å². The standard InChI is InChI=1S/C18H19N3/c1-2-6-15(7-3-1)21-17-9-5-4-8-16(17)20-18(21)12-13-19-14-10-11-14/h1-9,14,19H,10-13H2. The Kier molecular flexibility index (Phi) is 3.20. The predicted octanol–water partition coefficient (Wildman–Crippen LogP) is 3.32. The van der Waals surface area contributed by atoms with Gasteiger partial charge in [0, 0.05) is 24.7 Å². The van der Waals surface area contributed by atoms with Gasteiger partial charge in [0.15, 0.2) is 0 Å². The SMILES string of the molecule is c1ccc(-n2c(CCNC3CC3)nc3ccccc32)cc1. The van der Waals surface area contributed by atoms with Gasteiger partial charge >= 0.3 is 0 Å². The minimum Gasteiger partial charge on any atom is -0.314 e. The van der Waals surface area contributed by atoms with Gasteiger partial charge in [-0.1, -0.05) is 30.3 Å². The van der Waals surface area contributed by atoms with Crippen LogP contribution in [0.5, 0.6) is 0 Å². The lowest BCUT2D eigenvalue weighted by atomic mass is 10.2. The normalized spacial score (nSPS) is 14.7. The summed E-state index contributed by atoms with van der Waals surface area (Å²) in [5, 5.41) is 3.57. The van der Waals surface area contributed by atoms with Crippen molar-refractivity contribution in [3.8, 4) is 5.69 Å². The molecule has 1 aromatic heterocycles. The molecule has 3 heteroatoms. The van der Waals surface area contributed by atoms with E-state index in [4.69, 9.17) is 4.98 Å². The Bertz CT molecular complexity index is 742. The molecule has 0 spiro atoms. The highest BCUT2D eigenvalue weighted by atomic mass is 15.1. The van der Waals surface area contributed by atoms with Gasteiger partial charge in [-0.3, -0.25) is 4.57 Å². The van der Waals surface area contributed by atoms with E-state index < -0.39 is 0 Å². The Morgan fingerprint density at radius 1 is 1.00 bits per heavy atom. The van der Waals surface area contributed by atoms with Crippen LogP contribution in [-0.2, 0) is 6.42 Å². The summed E-state index contributed by atoms with van der Waals surface area (Å²) in [4.78, 5) is 4.83. The highest BCUT2D eigenvalue weighted by molar-refractivity contribution is 5.78. The predicted molar refractivity (Wildman–Crippen MR) is 85.8 cm³/mol. The quantitative estimate of drug-likeness (QED) is 0.775. The molecule has 1 saturated carbocycles. The fourth-order valence-corrected chi connectivity index (χ4v) is 2.78. The van der Waals surface area contributed by atoms with E-state index in [-0.39, 0.29) is 0 Å². The minimum absolute atomic E-state index is 0.750. The first-order chi connectivity index (χ1) is 10.4. The van der Waals surface area contributed by atoms with Crippen LogP contribution in [0.2, 0.25) is 0 Å². The Morgan fingerprint density at radius 2 is 1.76 bits per heavy atom. The summed E-state index contributed by atoms with van der Waals surface area (Å²) in [5.74, 6) is 1.13. The van der Waals surface area contributed by atoms with Gasteiger partial charge in [-0.05, 0) is 37.1 Å². The molecule has 2 aromatic carbocycles. The van der Waals surface area contributed by atoms with Crippen LogP contribution < -0.4 is 5.32 Å². The Morgan fingerprint density at radius 3 is 2.57 bits per heavy atom. The summed E-state index contributed by atoms with van der Waals surface area (Å²) in [6.45, 7) is 1.00. The molecule has 3 aromatic rings. The van der Waals surface area contributed by atoms with Gasteiger partial charge < -0.3 is 5.32 Å². The second-order valence-electron chi connectivity index (χ2n) is 5.67. The number of nitrogens with one attached hydrogen (secondary N) is 1. The maximum absolute atomic E-state index is 4.83. The Balaban J connectivity index is 1.73. The molecule has 21 heavy (non-hydrogen) atoms. The number of benzene rings is 2. The summed E-state index contributed by atoms with van der Waals surface area (Å²) in [6.07, 6.45) is 3.62. The highest BCUT2D eigenvalue weighted by Crippen LogP contribution is 2.22. The van der Waals surface area contributed by atoms with E-state index in [9.17, 15) is 0 Å². The molecule has 1 N–H and O–H groups in total.